The van der Waals surface area contributed by atoms with Crippen LogP contribution >= 0.6 is 0 Å². The molecule has 23 heavy (non-hydrogen) atoms. The van der Waals surface area contributed by atoms with E-state index < -0.39 is 10.0 Å². The van der Waals surface area contributed by atoms with E-state index in [1.54, 1.807) is 49.6 Å². The van der Waals surface area contributed by atoms with Crippen LogP contribution in [-0.2, 0) is 10.0 Å². The molecule has 0 spiro atoms. The first-order chi connectivity index (χ1) is 11.0. The first-order valence-electron chi connectivity index (χ1n) is 6.82. The fraction of sp³-hybridized carbons (Fsp3) is 0.0625. The number of rotatable bonds is 4. The van der Waals surface area contributed by atoms with Crippen LogP contribution in [0.5, 0.6) is 5.75 Å². The normalized spacial score (nSPS) is 11.3. The molecule has 0 aliphatic heterocycles. The SMILES string of the molecule is COc1ccc(-c2cn(S(=O)(=O)c3ccccc3)nc2N)cc1. The highest BCUT2D eigenvalue weighted by molar-refractivity contribution is 7.89. The lowest BCUT2D eigenvalue weighted by molar-refractivity contribution is 0.415. The Hall–Kier alpha value is -2.80. The third-order valence-corrected chi connectivity index (χ3v) is 4.96. The third kappa shape index (κ3) is 2.78. The minimum atomic E-state index is -3.76. The lowest BCUT2D eigenvalue weighted by Gasteiger charge is -2.03. The van der Waals surface area contributed by atoms with Crippen LogP contribution in [0.2, 0.25) is 0 Å². The van der Waals surface area contributed by atoms with Gasteiger partial charge in [0.05, 0.1) is 18.2 Å². The van der Waals surface area contributed by atoms with Crippen molar-refractivity contribution in [2.75, 3.05) is 12.8 Å². The predicted molar refractivity (Wildman–Crippen MR) is 87.7 cm³/mol. The molecule has 0 radical (unpaired) electrons. The molecule has 0 saturated carbocycles. The maximum Gasteiger partial charge on any atom is 0.283 e. The third-order valence-electron chi connectivity index (χ3n) is 3.41. The average Bonchev–Trinajstić information content (AvgIpc) is 2.98. The Morgan fingerprint density at radius 2 is 1.70 bits per heavy atom. The van der Waals surface area contributed by atoms with Gasteiger partial charge in [-0.2, -0.15) is 12.5 Å². The molecule has 0 amide bonds. The first-order valence-corrected chi connectivity index (χ1v) is 8.26. The van der Waals surface area contributed by atoms with E-state index in [2.05, 4.69) is 5.10 Å². The van der Waals surface area contributed by atoms with Crippen LogP contribution in [-0.4, -0.2) is 24.7 Å². The average molecular weight is 329 g/mol. The molecule has 1 heterocycles. The van der Waals surface area contributed by atoms with Gasteiger partial charge >= 0.3 is 0 Å². The van der Waals surface area contributed by atoms with Crippen LogP contribution in [0.1, 0.15) is 0 Å². The number of hydrogen-bond donors (Lipinski definition) is 1. The fourth-order valence-corrected chi connectivity index (χ4v) is 3.34. The maximum absolute atomic E-state index is 12.6. The van der Waals surface area contributed by atoms with Gasteiger partial charge in [-0.3, -0.25) is 0 Å². The Bertz CT molecular complexity index is 917. The standard InChI is InChI=1S/C16H15N3O3S/c1-22-13-9-7-12(8-10-13)15-11-19(18-16(15)17)23(20,21)14-5-3-2-4-6-14/h2-11H,1H3,(H2,17,18). The molecule has 0 aliphatic rings. The smallest absolute Gasteiger partial charge is 0.283 e. The molecule has 0 fully saturated rings. The molecule has 0 saturated heterocycles. The van der Waals surface area contributed by atoms with Crippen molar-refractivity contribution in [3.63, 3.8) is 0 Å². The summed E-state index contributed by atoms with van der Waals surface area (Å²) in [5.74, 6) is 0.853. The molecular formula is C16H15N3O3S. The summed E-state index contributed by atoms with van der Waals surface area (Å²) in [6, 6.07) is 15.2. The van der Waals surface area contributed by atoms with Gasteiger partial charge in [0, 0.05) is 5.56 Å². The van der Waals surface area contributed by atoms with Crippen LogP contribution in [0.4, 0.5) is 5.82 Å². The van der Waals surface area contributed by atoms with Gasteiger partial charge in [-0.15, -0.1) is 5.10 Å². The van der Waals surface area contributed by atoms with Crippen molar-refractivity contribution in [2.24, 2.45) is 0 Å². The number of aromatic nitrogens is 2. The summed E-state index contributed by atoms with van der Waals surface area (Å²) in [7, 11) is -2.18. The molecule has 0 unspecified atom stereocenters. The van der Waals surface area contributed by atoms with Crippen LogP contribution in [0.3, 0.4) is 0 Å². The van der Waals surface area contributed by atoms with E-state index in [1.165, 1.54) is 18.3 Å². The molecule has 1 aromatic heterocycles. The number of benzene rings is 2. The molecule has 118 valence electrons. The second-order valence-electron chi connectivity index (χ2n) is 4.85. The van der Waals surface area contributed by atoms with E-state index in [-0.39, 0.29) is 10.7 Å². The molecular weight excluding hydrogens is 314 g/mol. The zero-order valence-corrected chi connectivity index (χ0v) is 13.2. The minimum absolute atomic E-state index is 0.148. The topological polar surface area (TPSA) is 87.2 Å². The van der Waals surface area contributed by atoms with Gasteiger partial charge in [0.1, 0.15) is 5.75 Å². The van der Waals surface area contributed by atoms with E-state index in [4.69, 9.17) is 10.5 Å². The van der Waals surface area contributed by atoms with Gasteiger partial charge in [0.2, 0.25) is 0 Å². The number of anilines is 1. The van der Waals surface area contributed by atoms with E-state index in [0.29, 0.717) is 11.3 Å². The largest absolute Gasteiger partial charge is 0.497 e. The number of ether oxygens (including phenoxy) is 1. The van der Waals surface area contributed by atoms with Crippen LogP contribution in [0, 0.1) is 0 Å². The zero-order chi connectivity index (χ0) is 16.4. The van der Waals surface area contributed by atoms with Crippen molar-refractivity contribution in [2.45, 2.75) is 4.90 Å². The Kier molecular flexibility index (Phi) is 3.79. The highest BCUT2D eigenvalue weighted by Gasteiger charge is 2.20. The van der Waals surface area contributed by atoms with Crippen molar-refractivity contribution < 1.29 is 13.2 Å². The van der Waals surface area contributed by atoms with Gasteiger partial charge in [-0.05, 0) is 29.8 Å². The molecule has 7 heteroatoms. The Labute approximate surface area is 134 Å². The molecule has 2 N–H and O–H groups in total. The van der Waals surface area contributed by atoms with Gasteiger partial charge in [0.15, 0.2) is 5.82 Å². The first kappa shape index (κ1) is 15.1. The van der Waals surface area contributed by atoms with Crippen molar-refractivity contribution in [1.29, 1.82) is 0 Å². The number of nitrogen functional groups attached to an aromatic ring is 1. The summed E-state index contributed by atoms with van der Waals surface area (Å²) in [6.07, 6.45) is 1.42. The summed E-state index contributed by atoms with van der Waals surface area (Å²) in [4.78, 5) is 0.156. The summed E-state index contributed by atoms with van der Waals surface area (Å²) in [5, 5.41) is 3.95. The van der Waals surface area contributed by atoms with Crippen LogP contribution < -0.4 is 10.5 Å². The lowest BCUT2D eigenvalue weighted by atomic mass is 10.1. The highest BCUT2D eigenvalue weighted by Crippen LogP contribution is 2.28. The van der Waals surface area contributed by atoms with Crippen molar-refractivity contribution >= 4 is 15.8 Å². The molecule has 0 atom stereocenters. The van der Waals surface area contributed by atoms with Gasteiger partial charge < -0.3 is 10.5 Å². The Morgan fingerprint density at radius 3 is 2.30 bits per heavy atom. The van der Waals surface area contributed by atoms with Gasteiger partial charge in [-0.1, -0.05) is 30.3 Å². The zero-order valence-electron chi connectivity index (χ0n) is 12.4. The molecule has 0 bridgehead atoms. The molecule has 2 aromatic carbocycles. The molecule has 6 nitrogen and oxygen atoms in total. The van der Waals surface area contributed by atoms with E-state index in [9.17, 15) is 8.42 Å². The quantitative estimate of drug-likeness (QED) is 0.794. The van der Waals surface area contributed by atoms with Crippen molar-refractivity contribution in [1.82, 2.24) is 9.19 Å². The molecule has 3 aromatic rings. The number of methoxy groups -OCH3 is 1. The van der Waals surface area contributed by atoms with E-state index in [1.807, 2.05) is 0 Å². The van der Waals surface area contributed by atoms with Crippen molar-refractivity contribution in [3.05, 3.63) is 60.8 Å². The van der Waals surface area contributed by atoms with E-state index in [0.717, 1.165) is 9.65 Å². The summed E-state index contributed by atoms with van der Waals surface area (Å²) < 4.78 is 31.1. The van der Waals surface area contributed by atoms with Gasteiger partial charge in [0.25, 0.3) is 10.0 Å². The fourth-order valence-electron chi connectivity index (χ4n) is 2.18. The lowest BCUT2D eigenvalue weighted by Crippen LogP contribution is -2.13. The molecule has 0 aliphatic carbocycles. The second kappa shape index (κ2) is 5.77. The number of nitrogens with two attached hydrogens (primary N) is 1. The Balaban J connectivity index is 2.04. The number of nitrogens with zero attached hydrogens (tertiary/aromatic N) is 2. The van der Waals surface area contributed by atoms with Crippen LogP contribution in [0.25, 0.3) is 11.1 Å². The summed E-state index contributed by atoms with van der Waals surface area (Å²) in [6.45, 7) is 0. The van der Waals surface area contributed by atoms with Gasteiger partial charge in [-0.25, -0.2) is 0 Å². The van der Waals surface area contributed by atoms with E-state index >= 15 is 0 Å². The van der Waals surface area contributed by atoms with Crippen LogP contribution in [0.15, 0.2) is 65.7 Å². The highest BCUT2D eigenvalue weighted by atomic mass is 32.2. The van der Waals surface area contributed by atoms with Crippen molar-refractivity contribution in [3.8, 4) is 16.9 Å². The second-order valence-corrected chi connectivity index (χ2v) is 6.64. The predicted octanol–water partition coefficient (Wildman–Crippen LogP) is 2.38. The minimum Gasteiger partial charge on any atom is -0.497 e. The summed E-state index contributed by atoms with van der Waals surface area (Å²) >= 11 is 0. The monoisotopic (exact) mass is 329 g/mol. The maximum atomic E-state index is 12.6. The Morgan fingerprint density at radius 1 is 1.04 bits per heavy atom. The molecule has 3 rings (SSSR count). The summed E-state index contributed by atoms with van der Waals surface area (Å²) in [5.41, 5.74) is 7.20. The number of hydrogen-bond acceptors (Lipinski definition) is 5.